The van der Waals surface area contributed by atoms with Crippen LogP contribution in [-0.4, -0.2) is 5.78 Å². The van der Waals surface area contributed by atoms with Gasteiger partial charge in [0.05, 0.1) is 0 Å². The van der Waals surface area contributed by atoms with Crippen molar-refractivity contribution in [2.75, 3.05) is 0 Å². The number of hydrogen-bond donors (Lipinski definition) is 0. The van der Waals surface area contributed by atoms with E-state index >= 15 is 0 Å². The molecule has 0 unspecified atom stereocenters. The number of hydrogen-bond acceptors (Lipinski definition) is 1. The van der Waals surface area contributed by atoms with Crippen LogP contribution in [-0.2, 0) is 6.42 Å². The molecule has 0 aliphatic rings. The molecule has 0 saturated carbocycles. The third kappa shape index (κ3) is 3.54. The lowest BCUT2D eigenvalue weighted by molar-refractivity contribution is 0.0992. The molecule has 0 radical (unpaired) electrons. The zero-order valence-corrected chi connectivity index (χ0v) is 12.8. The highest BCUT2D eigenvalue weighted by atomic mass is 79.9. The van der Waals surface area contributed by atoms with Crippen molar-refractivity contribution in [3.63, 3.8) is 0 Å². The first-order valence-corrected chi connectivity index (χ1v) is 7.24. The molecule has 0 bridgehead atoms. The Balaban J connectivity index is 2.26. The molecule has 2 heteroatoms. The van der Waals surface area contributed by atoms with Gasteiger partial charge < -0.3 is 0 Å². The summed E-state index contributed by atoms with van der Waals surface area (Å²) in [5, 5.41) is 0. The highest BCUT2D eigenvalue weighted by molar-refractivity contribution is 9.10. The molecule has 2 aromatic carbocycles. The van der Waals surface area contributed by atoms with E-state index < -0.39 is 0 Å². The number of halogens is 1. The predicted octanol–water partition coefficient (Wildman–Crippen LogP) is 5.00. The van der Waals surface area contributed by atoms with E-state index in [0.717, 1.165) is 15.6 Å². The van der Waals surface area contributed by atoms with E-state index in [2.05, 4.69) is 35.8 Å². The lowest BCUT2D eigenvalue weighted by atomic mass is 9.97. The second-order valence-corrected chi connectivity index (χ2v) is 5.83. The van der Waals surface area contributed by atoms with E-state index in [4.69, 9.17) is 0 Å². The SMILES string of the molecule is CC(C)c1ccc(Br)c(C(=O)Cc2ccccc2)c1. The molecule has 0 spiro atoms. The summed E-state index contributed by atoms with van der Waals surface area (Å²) in [5.74, 6) is 0.581. The largest absolute Gasteiger partial charge is 0.294 e. The predicted molar refractivity (Wildman–Crippen MR) is 82.7 cm³/mol. The quantitative estimate of drug-likeness (QED) is 0.725. The van der Waals surface area contributed by atoms with Crippen LogP contribution in [0.15, 0.2) is 53.0 Å². The molecule has 0 fully saturated rings. The maximum absolute atomic E-state index is 12.4. The van der Waals surface area contributed by atoms with Crippen molar-refractivity contribution >= 4 is 21.7 Å². The third-order valence-corrected chi connectivity index (χ3v) is 3.86. The normalized spacial score (nSPS) is 10.7. The van der Waals surface area contributed by atoms with Crippen LogP contribution >= 0.6 is 15.9 Å². The topological polar surface area (TPSA) is 17.1 Å². The monoisotopic (exact) mass is 316 g/mol. The fraction of sp³-hybridized carbons (Fsp3) is 0.235. The molecule has 0 saturated heterocycles. The minimum atomic E-state index is 0.153. The molecule has 0 atom stereocenters. The van der Waals surface area contributed by atoms with Gasteiger partial charge in [-0.1, -0.05) is 66.2 Å². The van der Waals surface area contributed by atoms with E-state index in [0.29, 0.717) is 12.3 Å². The number of ketones is 1. The summed E-state index contributed by atoms with van der Waals surface area (Å²) < 4.78 is 0.873. The van der Waals surface area contributed by atoms with Crippen molar-refractivity contribution in [1.82, 2.24) is 0 Å². The fourth-order valence-corrected chi connectivity index (χ4v) is 2.46. The average Bonchev–Trinajstić information content (AvgIpc) is 2.40. The van der Waals surface area contributed by atoms with Gasteiger partial charge in [-0.3, -0.25) is 4.79 Å². The molecule has 0 aromatic heterocycles. The fourth-order valence-electron chi connectivity index (χ4n) is 1.99. The second kappa shape index (κ2) is 6.16. The lowest BCUT2D eigenvalue weighted by Crippen LogP contribution is -2.05. The van der Waals surface area contributed by atoms with Gasteiger partial charge in [0.1, 0.15) is 0 Å². The van der Waals surface area contributed by atoms with Gasteiger partial charge in [0.2, 0.25) is 0 Å². The van der Waals surface area contributed by atoms with Gasteiger partial charge in [-0.2, -0.15) is 0 Å². The van der Waals surface area contributed by atoms with Crippen LogP contribution in [0.25, 0.3) is 0 Å². The number of Topliss-reactive ketones (excluding diaryl/α,β-unsaturated/α-hetero) is 1. The molecule has 0 heterocycles. The Bertz CT molecular complexity index is 573. The van der Waals surface area contributed by atoms with Crippen LogP contribution in [0.1, 0.15) is 41.3 Å². The van der Waals surface area contributed by atoms with Gasteiger partial charge in [-0.05, 0) is 29.2 Å². The first-order chi connectivity index (χ1) is 9.08. The summed E-state index contributed by atoms with van der Waals surface area (Å²) in [6, 6.07) is 15.9. The van der Waals surface area contributed by atoms with Gasteiger partial charge in [0.25, 0.3) is 0 Å². The smallest absolute Gasteiger partial charge is 0.168 e. The summed E-state index contributed by atoms with van der Waals surface area (Å²) in [6.07, 6.45) is 0.445. The number of carbonyl (C=O) groups excluding carboxylic acids is 1. The summed E-state index contributed by atoms with van der Waals surface area (Å²) in [6.45, 7) is 4.27. The molecule has 0 aliphatic carbocycles. The second-order valence-electron chi connectivity index (χ2n) is 4.98. The Labute approximate surface area is 122 Å². The Morgan fingerprint density at radius 1 is 1.11 bits per heavy atom. The maximum Gasteiger partial charge on any atom is 0.168 e. The molecular formula is C17H17BrO. The summed E-state index contributed by atoms with van der Waals surface area (Å²) in [5.41, 5.74) is 3.02. The molecule has 2 aromatic rings. The number of benzene rings is 2. The zero-order valence-electron chi connectivity index (χ0n) is 11.2. The molecule has 98 valence electrons. The van der Waals surface area contributed by atoms with Crippen molar-refractivity contribution in [3.8, 4) is 0 Å². The number of rotatable bonds is 4. The zero-order chi connectivity index (χ0) is 13.8. The highest BCUT2D eigenvalue weighted by Crippen LogP contribution is 2.24. The molecular weight excluding hydrogens is 300 g/mol. The molecule has 0 N–H and O–H groups in total. The van der Waals surface area contributed by atoms with E-state index in [1.807, 2.05) is 42.5 Å². The van der Waals surface area contributed by atoms with Crippen molar-refractivity contribution in [2.24, 2.45) is 0 Å². The third-order valence-electron chi connectivity index (χ3n) is 3.16. The van der Waals surface area contributed by atoms with E-state index in [9.17, 15) is 4.79 Å². The maximum atomic E-state index is 12.4. The van der Waals surface area contributed by atoms with E-state index in [1.54, 1.807) is 0 Å². The van der Waals surface area contributed by atoms with Crippen LogP contribution in [0.5, 0.6) is 0 Å². The molecule has 1 nitrogen and oxygen atoms in total. The van der Waals surface area contributed by atoms with Gasteiger partial charge in [0, 0.05) is 16.5 Å². The number of carbonyl (C=O) groups is 1. The van der Waals surface area contributed by atoms with Crippen molar-refractivity contribution < 1.29 is 4.79 Å². The Kier molecular flexibility index (Phi) is 4.54. The first-order valence-electron chi connectivity index (χ1n) is 6.44. The van der Waals surface area contributed by atoms with Crippen molar-refractivity contribution in [1.29, 1.82) is 0 Å². The van der Waals surface area contributed by atoms with Crippen LogP contribution < -0.4 is 0 Å². The molecule has 19 heavy (non-hydrogen) atoms. The van der Waals surface area contributed by atoms with Gasteiger partial charge >= 0.3 is 0 Å². The lowest BCUT2D eigenvalue weighted by Gasteiger charge is -2.10. The van der Waals surface area contributed by atoms with Crippen molar-refractivity contribution in [3.05, 3.63) is 69.7 Å². The molecule has 2 rings (SSSR count). The summed E-state index contributed by atoms with van der Waals surface area (Å²) in [7, 11) is 0. The van der Waals surface area contributed by atoms with Crippen LogP contribution in [0.4, 0.5) is 0 Å². The molecule has 0 amide bonds. The molecule has 0 aliphatic heterocycles. The van der Waals surface area contributed by atoms with Gasteiger partial charge in [-0.25, -0.2) is 0 Å². The minimum Gasteiger partial charge on any atom is -0.294 e. The van der Waals surface area contributed by atoms with Crippen molar-refractivity contribution in [2.45, 2.75) is 26.2 Å². The van der Waals surface area contributed by atoms with Crippen LogP contribution in [0.2, 0.25) is 0 Å². The first kappa shape index (κ1) is 14.0. The average molecular weight is 317 g/mol. The standard InChI is InChI=1S/C17H17BrO/c1-12(2)14-8-9-16(18)15(11-14)17(19)10-13-6-4-3-5-7-13/h3-9,11-12H,10H2,1-2H3. The van der Waals surface area contributed by atoms with Crippen LogP contribution in [0.3, 0.4) is 0 Å². The Hall–Kier alpha value is -1.41. The summed E-state index contributed by atoms with van der Waals surface area (Å²) >= 11 is 3.47. The van der Waals surface area contributed by atoms with Gasteiger partial charge in [-0.15, -0.1) is 0 Å². The Morgan fingerprint density at radius 2 is 1.79 bits per heavy atom. The minimum absolute atomic E-state index is 0.153. The highest BCUT2D eigenvalue weighted by Gasteiger charge is 2.12. The van der Waals surface area contributed by atoms with E-state index in [-0.39, 0.29) is 5.78 Å². The Morgan fingerprint density at radius 3 is 2.42 bits per heavy atom. The van der Waals surface area contributed by atoms with Crippen LogP contribution in [0, 0.1) is 0 Å². The van der Waals surface area contributed by atoms with E-state index in [1.165, 1.54) is 5.56 Å². The van der Waals surface area contributed by atoms with Gasteiger partial charge in [0.15, 0.2) is 5.78 Å². The summed E-state index contributed by atoms with van der Waals surface area (Å²) in [4.78, 5) is 12.4.